The van der Waals surface area contributed by atoms with Gasteiger partial charge in [-0.2, -0.15) is 0 Å². The highest BCUT2D eigenvalue weighted by Crippen LogP contribution is 2.26. The second kappa shape index (κ2) is 7.01. The van der Waals surface area contributed by atoms with E-state index < -0.39 is 0 Å². The standard InChI is InChI=1S/C22H26N2O/c1-17(25)18-6-9-21(10-7-18)23-12-14-24(15-13-23)22-11-8-19-4-2-3-5-20(19)16-22/h2-7,9-10,22H,8,11-16H2,1H3/t22-/m1/s1. The number of piperazine rings is 1. The highest BCUT2D eigenvalue weighted by molar-refractivity contribution is 5.94. The molecule has 1 fully saturated rings. The molecule has 3 heteroatoms. The molecular formula is C22H26N2O. The Morgan fingerprint density at radius 1 is 0.920 bits per heavy atom. The molecule has 0 saturated carbocycles. The smallest absolute Gasteiger partial charge is 0.159 e. The maximum Gasteiger partial charge on any atom is 0.159 e. The van der Waals surface area contributed by atoms with Crippen LogP contribution in [0.15, 0.2) is 48.5 Å². The first kappa shape index (κ1) is 16.3. The number of nitrogens with zero attached hydrogens (tertiary/aromatic N) is 2. The summed E-state index contributed by atoms with van der Waals surface area (Å²) in [5.41, 5.74) is 5.12. The van der Waals surface area contributed by atoms with Crippen molar-refractivity contribution in [3.05, 3.63) is 65.2 Å². The van der Waals surface area contributed by atoms with Gasteiger partial charge in [0.15, 0.2) is 5.78 Å². The third-order valence-corrected chi connectivity index (χ3v) is 5.79. The lowest BCUT2D eigenvalue weighted by Crippen LogP contribution is -2.51. The van der Waals surface area contributed by atoms with Gasteiger partial charge in [0.05, 0.1) is 0 Å². The van der Waals surface area contributed by atoms with E-state index in [1.807, 2.05) is 12.1 Å². The molecule has 0 aromatic heterocycles. The Kier molecular flexibility index (Phi) is 4.58. The molecule has 0 bridgehead atoms. The highest BCUT2D eigenvalue weighted by atomic mass is 16.1. The van der Waals surface area contributed by atoms with E-state index in [0.29, 0.717) is 6.04 Å². The fourth-order valence-corrected chi connectivity index (χ4v) is 4.24. The van der Waals surface area contributed by atoms with Crippen molar-refractivity contribution in [3.63, 3.8) is 0 Å². The second-order valence-electron chi connectivity index (χ2n) is 7.29. The molecule has 2 aromatic rings. The summed E-state index contributed by atoms with van der Waals surface area (Å²) in [6.07, 6.45) is 3.70. The summed E-state index contributed by atoms with van der Waals surface area (Å²) in [5.74, 6) is 0.133. The Bertz CT molecular complexity index is 745. The molecule has 2 aromatic carbocycles. The van der Waals surface area contributed by atoms with Crippen molar-refractivity contribution in [1.29, 1.82) is 0 Å². The Morgan fingerprint density at radius 2 is 1.60 bits per heavy atom. The van der Waals surface area contributed by atoms with Crippen molar-refractivity contribution < 1.29 is 4.79 Å². The van der Waals surface area contributed by atoms with Gasteiger partial charge in [0.1, 0.15) is 0 Å². The van der Waals surface area contributed by atoms with Gasteiger partial charge in [-0.15, -0.1) is 0 Å². The number of carbonyl (C=O) groups excluding carboxylic acids is 1. The Hall–Kier alpha value is -2.13. The molecule has 25 heavy (non-hydrogen) atoms. The average molecular weight is 334 g/mol. The van der Waals surface area contributed by atoms with E-state index in [1.165, 1.54) is 24.9 Å². The molecule has 0 amide bonds. The maximum absolute atomic E-state index is 11.4. The van der Waals surface area contributed by atoms with E-state index >= 15 is 0 Å². The van der Waals surface area contributed by atoms with Gasteiger partial charge in [0, 0.05) is 43.5 Å². The molecule has 3 nitrogen and oxygen atoms in total. The molecule has 0 unspecified atom stereocenters. The second-order valence-corrected chi connectivity index (χ2v) is 7.29. The van der Waals surface area contributed by atoms with Crippen molar-refractivity contribution in [2.75, 3.05) is 31.1 Å². The molecule has 0 N–H and O–H groups in total. The summed E-state index contributed by atoms with van der Waals surface area (Å²) >= 11 is 0. The van der Waals surface area contributed by atoms with Crippen molar-refractivity contribution in [1.82, 2.24) is 4.90 Å². The van der Waals surface area contributed by atoms with E-state index in [0.717, 1.165) is 31.7 Å². The van der Waals surface area contributed by atoms with Crippen LogP contribution in [0.1, 0.15) is 34.8 Å². The van der Waals surface area contributed by atoms with Gasteiger partial charge in [-0.05, 0) is 61.6 Å². The number of hydrogen-bond acceptors (Lipinski definition) is 3. The molecule has 130 valence electrons. The molecule has 2 aliphatic rings. The summed E-state index contributed by atoms with van der Waals surface area (Å²) in [4.78, 5) is 16.5. The lowest BCUT2D eigenvalue weighted by Gasteiger charge is -2.42. The molecule has 1 saturated heterocycles. The maximum atomic E-state index is 11.4. The molecule has 1 atom stereocenters. The number of fused-ring (bicyclic) bond motifs is 1. The SMILES string of the molecule is CC(=O)c1ccc(N2CCN([C@@H]3CCc4ccccc4C3)CC2)cc1. The molecule has 0 radical (unpaired) electrons. The molecule has 1 heterocycles. The van der Waals surface area contributed by atoms with Gasteiger partial charge < -0.3 is 4.90 Å². The van der Waals surface area contributed by atoms with E-state index in [4.69, 9.17) is 0 Å². The summed E-state index contributed by atoms with van der Waals surface area (Å²) in [6, 6.07) is 17.7. The van der Waals surface area contributed by atoms with Crippen LogP contribution >= 0.6 is 0 Å². The monoisotopic (exact) mass is 334 g/mol. The first-order valence-electron chi connectivity index (χ1n) is 9.37. The zero-order valence-corrected chi connectivity index (χ0v) is 14.9. The minimum absolute atomic E-state index is 0.133. The lowest BCUT2D eigenvalue weighted by molar-refractivity contribution is 0.101. The predicted molar refractivity (Wildman–Crippen MR) is 102 cm³/mol. The Balaban J connectivity index is 1.36. The molecule has 1 aliphatic heterocycles. The normalized spacial score (nSPS) is 21.0. The predicted octanol–water partition coefficient (Wildman–Crippen LogP) is 3.57. The molecule has 0 spiro atoms. The average Bonchev–Trinajstić information content (AvgIpc) is 2.68. The summed E-state index contributed by atoms with van der Waals surface area (Å²) in [6.45, 7) is 6.01. The van der Waals surface area contributed by atoms with Gasteiger partial charge >= 0.3 is 0 Å². The number of aryl methyl sites for hydroxylation is 1. The van der Waals surface area contributed by atoms with Crippen LogP contribution in [-0.2, 0) is 12.8 Å². The van der Waals surface area contributed by atoms with Crippen molar-refractivity contribution in [3.8, 4) is 0 Å². The first-order chi connectivity index (χ1) is 12.2. The van der Waals surface area contributed by atoms with Crippen LogP contribution in [0.2, 0.25) is 0 Å². The van der Waals surface area contributed by atoms with Crippen LogP contribution in [0.25, 0.3) is 0 Å². The van der Waals surface area contributed by atoms with Crippen LogP contribution in [-0.4, -0.2) is 42.9 Å². The quantitative estimate of drug-likeness (QED) is 0.802. The summed E-state index contributed by atoms with van der Waals surface area (Å²) < 4.78 is 0. The van der Waals surface area contributed by atoms with E-state index in [1.54, 1.807) is 18.1 Å². The van der Waals surface area contributed by atoms with Crippen molar-refractivity contribution >= 4 is 11.5 Å². The summed E-state index contributed by atoms with van der Waals surface area (Å²) in [7, 11) is 0. The van der Waals surface area contributed by atoms with Crippen LogP contribution in [0.5, 0.6) is 0 Å². The van der Waals surface area contributed by atoms with E-state index in [-0.39, 0.29) is 5.78 Å². The van der Waals surface area contributed by atoms with E-state index in [2.05, 4.69) is 46.2 Å². The topological polar surface area (TPSA) is 23.6 Å². The van der Waals surface area contributed by atoms with Crippen molar-refractivity contribution in [2.45, 2.75) is 32.2 Å². The molecular weight excluding hydrogens is 308 g/mol. The highest BCUT2D eigenvalue weighted by Gasteiger charge is 2.27. The summed E-state index contributed by atoms with van der Waals surface area (Å²) in [5, 5.41) is 0. The van der Waals surface area contributed by atoms with Crippen LogP contribution in [0.4, 0.5) is 5.69 Å². The van der Waals surface area contributed by atoms with Gasteiger partial charge in [0.25, 0.3) is 0 Å². The molecule has 4 rings (SSSR count). The lowest BCUT2D eigenvalue weighted by atomic mass is 9.87. The zero-order valence-electron chi connectivity index (χ0n) is 14.9. The number of benzene rings is 2. The zero-order chi connectivity index (χ0) is 17.2. The van der Waals surface area contributed by atoms with E-state index in [9.17, 15) is 4.79 Å². The number of carbonyl (C=O) groups is 1. The third kappa shape index (κ3) is 3.47. The number of rotatable bonds is 3. The van der Waals surface area contributed by atoms with Gasteiger partial charge in [-0.25, -0.2) is 0 Å². The first-order valence-corrected chi connectivity index (χ1v) is 9.37. The minimum Gasteiger partial charge on any atom is -0.369 e. The fourth-order valence-electron chi connectivity index (χ4n) is 4.24. The van der Waals surface area contributed by atoms with Crippen molar-refractivity contribution in [2.24, 2.45) is 0 Å². The number of Topliss-reactive ketones (excluding diaryl/α,β-unsaturated/α-hetero) is 1. The third-order valence-electron chi connectivity index (χ3n) is 5.79. The van der Waals surface area contributed by atoms with Gasteiger partial charge in [0.2, 0.25) is 0 Å². The van der Waals surface area contributed by atoms with Crippen LogP contribution < -0.4 is 4.90 Å². The fraction of sp³-hybridized carbons (Fsp3) is 0.409. The number of ketones is 1. The van der Waals surface area contributed by atoms with Gasteiger partial charge in [-0.3, -0.25) is 9.69 Å². The largest absolute Gasteiger partial charge is 0.369 e. The van der Waals surface area contributed by atoms with Gasteiger partial charge in [-0.1, -0.05) is 24.3 Å². The molecule has 1 aliphatic carbocycles. The minimum atomic E-state index is 0.133. The Labute approximate surface area is 150 Å². The van der Waals surface area contributed by atoms with Crippen LogP contribution in [0, 0.1) is 0 Å². The number of hydrogen-bond donors (Lipinski definition) is 0. The van der Waals surface area contributed by atoms with Crippen LogP contribution in [0.3, 0.4) is 0 Å². The number of anilines is 1. The Morgan fingerprint density at radius 3 is 2.28 bits per heavy atom.